The van der Waals surface area contributed by atoms with Crippen LogP contribution < -0.4 is 0 Å². The first-order valence-electron chi connectivity index (χ1n) is 25.5. The van der Waals surface area contributed by atoms with E-state index in [2.05, 4.69) is 143 Å². The standard InChI is InChI=1S/C60H55N2O4P/c1-5-13-49-37(9-1)38-10-2-6-14-50(38)61(49)33-17-21-53-41(25-33)45-29-47-43-27-35(19-23-55(43)65-59(47)31-57(45)63-53)67-36-20-24-56-44(28-36)48-30-46-42-26-34(18-22-54(42)64-58(46)32-60(48)66-56)62-51-15-7-3-11-39(51)40-12-4-8-16-52(40)62/h1,3,5-9,11,13-16,19-20,23-28,31-32,37,39,41,43-46,49,51,53,55-56,67H,2,4,10,12,17-18,21-22,29-30H2. The van der Waals surface area contributed by atoms with Gasteiger partial charge in [-0.2, -0.15) is 0 Å². The van der Waals surface area contributed by atoms with Crippen molar-refractivity contribution in [1.29, 1.82) is 0 Å². The molecule has 13 atom stereocenters. The van der Waals surface area contributed by atoms with E-state index in [-0.39, 0.29) is 36.1 Å². The van der Waals surface area contributed by atoms with Crippen molar-refractivity contribution in [1.82, 2.24) is 9.80 Å². The van der Waals surface area contributed by atoms with Crippen molar-refractivity contribution in [2.75, 3.05) is 0 Å². The molecule has 1 fully saturated rings. The molecule has 67 heavy (non-hydrogen) atoms. The summed E-state index contributed by atoms with van der Waals surface area (Å²) in [6.45, 7) is 0. The third kappa shape index (κ3) is 5.66. The van der Waals surface area contributed by atoms with Crippen LogP contribution in [0.2, 0.25) is 0 Å². The fourth-order valence-electron chi connectivity index (χ4n) is 15.0. The summed E-state index contributed by atoms with van der Waals surface area (Å²) < 4.78 is 26.9. The smallest absolute Gasteiger partial charge is 0.127 e. The Morgan fingerprint density at radius 3 is 1.88 bits per heavy atom. The summed E-state index contributed by atoms with van der Waals surface area (Å²) in [5.41, 5.74) is 13.3. The number of nitrogens with zero attached hydrogens (tertiary/aromatic N) is 2. The van der Waals surface area contributed by atoms with Gasteiger partial charge in [0.05, 0.1) is 12.1 Å². The second-order valence-corrected chi connectivity index (χ2v) is 22.7. The van der Waals surface area contributed by atoms with E-state index in [0.717, 1.165) is 80.8 Å². The van der Waals surface area contributed by atoms with Crippen molar-refractivity contribution in [2.24, 2.45) is 41.4 Å². The summed E-state index contributed by atoms with van der Waals surface area (Å²) >= 11 is 0. The third-order valence-corrected chi connectivity index (χ3v) is 19.2. The Hall–Kier alpha value is -5.71. The third-order valence-electron chi connectivity index (χ3n) is 18.0. The highest BCUT2D eigenvalue weighted by Gasteiger charge is 2.51. The fraction of sp³-hybridized carbons (Fsp3) is 0.367. The van der Waals surface area contributed by atoms with E-state index in [1.807, 2.05) is 0 Å². The fourth-order valence-corrected chi connectivity index (χ4v) is 16.2. The maximum absolute atomic E-state index is 6.80. The molecule has 1 saturated heterocycles. The van der Waals surface area contributed by atoms with Crippen LogP contribution in [0.1, 0.15) is 64.2 Å². The number of ether oxygens (including phenoxy) is 4. The van der Waals surface area contributed by atoms with Gasteiger partial charge in [-0.1, -0.05) is 99.7 Å². The van der Waals surface area contributed by atoms with Gasteiger partial charge in [-0.15, -0.1) is 0 Å². The Morgan fingerprint density at radius 1 is 0.537 bits per heavy atom. The lowest BCUT2D eigenvalue weighted by Crippen LogP contribution is -2.35. The summed E-state index contributed by atoms with van der Waals surface area (Å²) in [6, 6.07) is 0.767. The first-order chi connectivity index (χ1) is 33.1. The van der Waals surface area contributed by atoms with Crippen molar-refractivity contribution < 1.29 is 18.9 Å². The Morgan fingerprint density at radius 2 is 1.18 bits per heavy atom. The molecule has 0 aromatic heterocycles. The van der Waals surface area contributed by atoms with Gasteiger partial charge >= 0.3 is 0 Å². The monoisotopic (exact) mass is 898 g/mol. The van der Waals surface area contributed by atoms with Gasteiger partial charge in [0.2, 0.25) is 0 Å². The van der Waals surface area contributed by atoms with Crippen LogP contribution in [-0.4, -0.2) is 40.2 Å². The lowest BCUT2D eigenvalue weighted by Gasteiger charge is -2.36. The molecule has 13 unspecified atom stereocenters. The van der Waals surface area contributed by atoms with Crippen molar-refractivity contribution in [2.45, 2.75) is 94.6 Å². The molecule has 0 radical (unpaired) electrons. The molecule has 334 valence electrons. The van der Waals surface area contributed by atoms with E-state index in [1.165, 1.54) is 62.3 Å². The van der Waals surface area contributed by atoms with Crippen molar-refractivity contribution in [3.05, 3.63) is 224 Å². The Kier molecular flexibility index (Phi) is 8.23. The molecule has 0 bridgehead atoms. The maximum atomic E-state index is 6.80. The van der Waals surface area contributed by atoms with Gasteiger partial charge in [0.15, 0.2) is 0 Å². The molecule has 16 aliphatic rings. The van der Waals surface area contributed by atoms with Crippen LogP contribution in [-0.2, 0) is 18.9 Å². The van der Waals surface area contributed by atoms with Crippen LogP contribution in [0, 0.1) is 41.4 Å². The van der Waals surface area contributed by atoms with Gasteiger partial charge in [-0.3, -0.25) is 0 Å². The summed E-state index contributed by atoms with van der Waals surface area (Å²) in [4.78, 5) is 5.36. The average Bonchev–Trinajstić information content (AvgIpc) is 4.22. The Labute approximate surface area is 395 Å². The van der Waals surface area contributed by atoms with Crippen LogP contribution in [0.5, 0.6) is 0 Å². The molecular weight excluding hydrogens is 844 g/mol. The number of allylic oxidation sites excluding steroid dienone is 20. The largest absolute Gasteiger partial charge is 0.494 e. The SMILES string of the molecule is C1=CC2C3=C(C=CCC3)N(C3=CC4=C(CC3)OC3=CC5=C(CC34)C3C=C(PC4=CC6C7=C(C=C8OC9CCC(N%10C%11=C(CCC=C%11)C%11C=CC=CC%11%10)=CC9C8C7)OC6C=C4)C=CC3O5)C2C=C1. The predicted octanol–water partition coefficient (Wildman–Crippen LogP) is 12.6. The second-order valence-electron chi connectivity index (χ2n) is 21.3. The number of hydrogen-bond donors (Lipinski definition) is 0. The first kappa shape index (κ1) is 38.3. The normalized spacial score (nSPS) is 39.2. The van der Waals surface area contributed by atoms with Crippen LogP contribution in [0.15, 0.2) is 224 Å². The van der Waals surface area contributed by atoms with Crippen LogP contribution in [0.25, 0.3) is 0 Å². The lowest BCUT2D eigenvalue weighted by molar-refractivity contribution is 0.121. The summed E-state index contributed by atoms with van der Waals surface area (Å²) in [5, 5.41) is 2.81. The minimum Gasteiger partial charge on any atom is -0.494 e. The highest BCUT2D eigenvalue weighted by molar-refractivity contribution is 7.48. The van der Waals surface area contributed by atoms with Crippen LogP contribution in [0.3, 0.4) is 0 Å². The summed E-state index contributed by atoms with van der Waals surface area (Å²) in [7, 11) is 0.581. The summed E-state index contributed by atoms with van der Waals surface area (Å²) in [6.07, 6.45) is 63.3. The average molecular weight is 899 g/mol. The first-order valence-corrected chi connectivity index (χ1v) is 26.5. The molecule has 0 amide bonds. The molecule has 0 spiro atoms. The molecule has 16 rings (SSSR count). The van der Waals surface area contributed by atoms with E-state index >= 15 is 0 Å². The zero-order chi connectivity index (χ0) is 43.5. The van der Waals surface area contributed by atoms with Gasteiger partial charge in [0, 0.05) is 88.4 Å². The lowest BCUT2D eigenvalue weighted by atomic mass is 9.75. The quantitative estimate of drug-likeness (QED) is 0.262. The molecule has 6 aliphatic heterocycles. The Balaban J connectivity index is 0.632. The van der Waals surface area contributed by atoms with Crippen molar-refractivity contribution in [3.8, 4) is 0 Å². The van der Waals surface area contributed by atoms with E-state index in [0.29, 0.717) is 44.3 Å². The molecular formula is C60H55N2O4P. The second kappa shape index (κ2) is 14.4. The van der Waals surface area contributed by atoms with Gasteiger partial charge in [0.1, 0.15) is 47.1 Å². The van der Waals surface area contributed by atoms with E-state index < -0.39 is 0 Å². The molecule has 0 aromatic carbocycles. The molecule has 0 N–H and O–H groups in total. The Bertz CT molecular complexity index is 2990. The topological polar surface area (TPSA) is 43.4 Å². The van der Waals surface area contributed by atoms with Gasteiger partial charge in [-0.25, -0.2) is 0 Å². The van der Waals surface area contributed by atoms with E-state index in [9.17, 15) is 0 Å². The van der Waals surface area contributed by atoms with E-state index in [1.54, 1.807) is 11.1 Å². The number of fused-ring (bicyclic) bond motifs is 13. The highest BCUT2D eigenvalue weighted by Crippen LogP contribution is 2.57. The number of rotatable bonds is 4. The molecule has 0 saturated carbocycles. The zero-order valence-electron chi connectivity index (χ0n) is 37.7. The molecule has 6 heterocycles. The number of hydrogen-bond acceptors (Lipinski definition) is 6. The van der Waals surface area contributed by atoms with E-state index in [4.69, 9.17) is 18.9 Å². The molecule has 7 heteroatoms. The predicted molar refractivity (Wildman–Crippen MR) is 263 cm³/mol. The maximum Gasteiger partial charge on any atom is 0.127 e. The van der Waals surface area contributed by atoms with Crippen molar-refractivity contribution in [3.63, 3.8) is 0 Å². The highest BCUT2D eigenvalue weighted by atomic mass is 31.1. The van der Waals surface area contributed by atoms with Crippen molar-refractivity contribution >= 4 is 8.58 Å². The molecule has 6 nitrogen and oxygen atoms in total. The minimum atomic E-state index is 0.0447. The molecule has 0 aromatic rings. The van der Waals surface area contributed by atoms with Gasteiger partial charge < -0.3 is 28.7 Å². The summed E-state index contributed by atoms with van der Waals surface area (Å²) in [5.74, 6) is 7.96. The van der Waals surface area contributed by atoms with Gasteiger partial charge in [0.25, 0.3) is 0 Å². The zero-order valence-corrected chi connectivity index (χ0v) is 38.7. The van der Waals surface area contributed by atoms with Crippen LogP contribution >= 0.6 is 8.58 Å². The van der Waals surface area contributed by atoms with Gasteiger partial charge in [-0.05, 0) is 121 Å². The van der Waals surface area contributed by atoms with Crippen LogP contribution in [0.4, 0.5) is 0 Å². The minimum absolute atomic E-state index is 0.0447. The molecule has 10 aliphatic carbocycles.